The second kappa shape index (κ2) is 8.55. The highest BCUT2D eigenvalue weighted by Gasteiger charge is 2.56. The van der Waals surface area contributed by atoms with Gasteiger partial charge < -0.3 is 29.5 Å². The molecule has 2 atom stereocenters. The van der Waals surface area contributed by atoms with Gasteiger partial charge in [-0.15, -0.1) is 0 Å². The minimum atomic E-state index is -1.04. The second-order valence-corrected chi connectivity index (χ2v) is 10.4. The highest BCUT2D eigenvalue weighted by Crippen LogP contribution is 2.47. The lowest BCUT2D eigenvalue weighted by Crippen LogP contribution is -2.70. The third kappa shape index (κ3) is 3.54. The SMILES string of the molecule is COc1ccc2[nH]c3c(c2c1)C[C@@]1(C)C(=O)N(CCN2CCCC2)CC(=O)N1[C@@H]3c1cccc(O)c1. The number of phenolic OH excluding ortho intramolecular Hbond substituents is 1. The summed E-state index contributed by atoms with van der Waals surface area (Å²) in [6.07, 6.45) is 2.79. The van der Waals surface area contributed by atoms with Crippen LogP contribution in [0.15, 0.2) is 42.5 Å². The number of H-pyrrole nitrogens is 1. The molecule has 2 saturated heterocycles. The molecule has 2 fully saturated rings. The monoisotopic (exact) mass is 488 g/mol. The summed E-state index contributed by atoms with van der Waals surface area (Å²) in [5.41, 5.74) is 2.56. The first-order valence-electron chi connectivity index (χ1n) is 12.7. The van der Waals surface area contributed by atoms with Crippen molar-refractivity contribution in [3.05, 3.63) is 59.3 Å². The van der Waals surface area contributed by atoms with Crippen LogP contribution in [0.1, 0.15) is 42.6 Å². The van der Waals surface area contributed by atoms with Crippen molar-refractivity contribution in [1.29, 1.82) is 0 Å². The van der Waals surface area contributed by atoms with Crippen LogP contribution in [0, 0.1) is 0 Å². The third-order valence-corrected chi connectivity index (χ3v) is 8.14. The largest absolute Gasteiger partial charge is 0.508 e. The van der Waals surface area contributed by atoms with E-state index in [1.54, 1.807) is 35.1 Å². The van der Waals surface area contributed by atoms with Crippen LogP contribution in [0.2, 0.25) is 0 Å². The number of piperazine rings is 1. The predicted molar refractivity (Wildman–Crippen MR) is 136 cm³/mol. The van der Waals surface area contributed by atoms with Gasteiger partial charge in [0.25, 0.3) is 0 Å². The first-order valence-corrected chi connectivity index (χ1v) is 12.7. The number of carbonyl (C=O) groups excluding carboxylic acids is 2. The second-order valence-electron chi connectivity index (χ2n) is 10.4. The summed E-state index contributed by atoms with van der Waals surface area (Å²) in [5, 5.41) is 11.3. The third-order valence-electron chi connectivity index (χ3n) is 8.14. The number of aromatic hydroxyl groups is 1. The summed E-state index contributed by atoms with van der Waals surface area (Å²) in [6, 6.07) is 12.3. The first kappa shape index (κ1) is 22.9. The Bertz CT molecular complexity index is 1340. The standard InChI is InChI=1S/C28H32N4O4/c1-28-16-22-21-15-20(36-2)8-9-23(21)29-25(22)26(18-6-5-7-19(33)14-18)32(28)24(34)17-31(27(28)35)13-12-30-10-3-4-11-30/h5-9,14-15,26,29,33H,3-4,10-13,16-17H2,1-2H3/t26-,28+/m1/s1. The average Bonchev–Trinajstić information content (AvgIpc) is 3.52. The molecule has 0 radical (unpaired) electrons. The van der Waals surface area contributed by atoms with E-state index in [4.69, 9.17) is 4.74 Å². The summed E-state index contributed by atoms with van der Waals surface area (Å²) >= 11 is 0. The number of aromatic nitrogens is 1. The maximum Gasteiger partial charge on any atom is 0.249 e. The van der Waals surface area contributed by atoms with Crippen LogP contribution in [0.5, 0.6) is 11.5 Å². The fourth-order valence-electron chi connectivity index (χ4n) is 6.35. The molecule has 1 aromatic heterocycles. The van der Waals surface area contributed by atoms with E-state index in [1.807, 2.05) is 31.2 Å². The minimum absolute atomic E-state index is 0.0191. The molecule has 6 rings (SSSR count). The van der Waals surface area contributed by atoms with E-state index in [1.165, 1.54) is 12.8 Å². The number of amides is 2. The molecular weight excluding hydrogens is 456 g/mol. The summed E-state index contributed by atoms with van der Waals surface area (Å²) in [5.74, 6) is 0.773. The number of rotatable bonds is 5. The first-order chi connectivity index (χ1) is 17.4. The Balaban J connectivity index is 1.46. The molecule has 8 heteroatoms. The number of nitrogens with zero attached hydrogens (tertiary/aromatic N) is 3. The van der Waals surface area contributed by atoms with Gasteiger partial charge in [0, 0.05) is 36.1 Å². The summed E-state index contributed by atoms with van der Waals surface area (Å²) in [7, 11) is 1.64. The van der Waals surface area contributed by atoms with Crippen molar-refractivity contribution in [2.45, 2.75) is 37.8 Å². The number of carbonyl (C=O) groups is 2. The van der Waals surface area contributed by atoms with Crippen LogP contribution in [0.4, 0.5) is 0 Å². The molecule has 2 aromatic carbocycles. The van der Waals surface area contributed by atoms with E-state index in [0.29, 0.717) is 13.0 Å². The summed E-state index contributed by atoms with van der Waals surface area (Å²) in [4.78, 5) is 37.3. The molecular formula is C28H32N4O4. The van der Waals surface area contributed by atoms with Crippen molar-refractivity contribution in [3.63, 3.8) is 0 Å². The summed E-state index contributed by atoms with van der Waals surface area (Å²) in [6.45, 7) is 5.42. The number of nitrogens with one attached hydrogen (secondary N) is 1. The number of benzene rings is 2. The van der Waals surface area contributed by atoms with E-state index >= 15 is 0 Å². The van der Waals surface area contributed by atoms with E-state index in [-0.39, 0.29) is 24.1 Å². The Morgan fingerprint density at radius 2 is 1.92 bits per heavy atom. The molecule has 0 aliphatic carbocycles. The number of likely N-dealkylation sites (tertiary alicyclic amines) is 1. The fourth-order valence-corrected chi connectivity index (χ4v) is 6.35. The molecule has 3 aliphatic heterocycles. The maximum atomic E-state index is 14.1. The smallest absolute Gasteiger partial charge is 0.249 e. The number of phenols is 1. The zero-order valence-electron chi connectivity index (χ0n) is 20.8. The number of hydrogen-bond acceptors (Lipinski definition) is 5. The van der Waals surface area contributed by atoms with E-state index in [2.05, 4.69) is 9.88 Å². The fraction of sp³-hybridized carbons (Fsp3) is 0.429. The molecule has 8 nitrogen and oxygen atoms in total. The molecule has 4 heterocycles. The molecule has 0 unspecified atom stereocenters. The minimum Gasteiger partial charge on any atom is -0.508 e. The number of hydrogen-bond donors (Lipinski definition) is 2. The molecule has 0 saturated carbocycles. The van der Waals surface area contributed by atoms with Crippen LogP contribution < -0.4 is 4.74 Å². The molecule has 2 N–H and O–H groups in total. The normalized spacial score (nSPS) is 24.3. The Hall–Kier alpha value is -3.52. The highest BCUT2D eigenvalue weighted by atomic mass is 16.5. The Kier molecular flexibility index (Phi) is 5.44. The van der Waals surface area contributed by atoms with E-state index in [9.17, 15) is 14.7 Å². The number of ether oxygens (including phenoxy) is 1. The summed E-state index contributed by atoms with van der Waals surface area (Å²) < 4.78 is 5.49. The van der Waals surface area contributed by atoms with Crippen molar-refractivity contribution in [1.82, 2.24) is 19.7 Å². The van der Waals surface area contributed by atoms with Gasteiger partial charge >= 0.3 is 0 Å². The number of fused-ring (bicyclic) bond motifs is 4. The molecule has 0 spiro atoms. The Morgan fingerprint density at radius 3 is 2.67 bits per heavy atom. The zero-order chi connectivity index (χ0) is 25.0. The number of methoxy groups -OCH3 is 1. The van der Waals surface area contributed by atoms with Crippen LogP contribution in [-0.2, 0) is 16.0 Å². The van der Waals surface area contributed by atoms with E-state index < -0.39 is 11.6 Å². The van der Waals surface area contributed by atoms with Crippen molar-refractivity contribution >= 4 is 22.7 Å². The zero-order valence-corrected chi connectivity index (χ0v) is 20.8. The molecule has 188 valence electrons. The quantitative estimate of drug-likeness (QED) is 0.576. The lowest BCUT2D eigenvalue weighted by molar-refractivity contribution is -0.167. The van der Waals surface area contributed by atoms with Gasteiger partial charge in [-0.25, -0.2) is 0 Å². The average molecular weight is 489 g/mol. The molecule has 0 bridgehead atoms. The van der Waals surface area contributed by atoms with Crippen molar-refractivity contribution in [2.24, 2.45) is 0 Å². The van der Waals surface area contributed by atoms with Gasteiger partial charge in [-0.05, 0) is 74.3 Å². The van der Waals surface area contributed by atoms with Crippen molar-refractivity contribution in [3.8, 4) is 11.5 Å². The maximum absolute atomic E-state index is 14.1. The molecule has 3 aliphatic rings. The van der Waals surface area contributed by atoms with E-state index in [0.717, 1.165) is 53.1 Å². The van der Waals surface area contributed by atoms with Crippen LogP contribution in [0.25, 0.3) is 10.9 Å². The topological polar surface area (TPSA) is 89.1 Å². The molecule has 36 heavy (non-hydrogen) atoms. The molecule has 3 aromatic rings. The predicted octanol–water partition coefficient (Wildman–Crippen LogP) is 3.05. The van der Waals surface area contributed by atoms with Gasteiger partial charge in [-0.3, -0.25) is 9.59 Å². The van der Waals surface area contributed by atoms with Gasteiger partial charge in [0.2, 0.25) is 11.8 Å². The van der Waals surface area contributed by atoms with Gasteiger partial charge in [0.1, 0.15) is 17.0 Å². The Morgan fingerprint density at radius 1 is 1.11 bits per heavy atom. The lowest BCUT2D eigenvalue weighted by atomic mass is 9.78. The van der Waals surface area contributed by atoms with Crippen molar-refractivity contribution in [2.75, 3.05) is 39.8 Å². The van der Waals surface area contributed by atoms with Crippen molar-refractivity contribution < 1.29 is 19.4 Å². The lowest BCUT2D eigenvalue weighted by Gasteiger charge is -2.53. The van der Waals surface area contributed by atoms with Gasteiger partial charge in [-0.2, -0.15) is 0 Å². The Labute approximate surface area is 210 Å². The highest BCUT2D eigenvalue weighted by molar-refractivity contribution is 6.00. The van der Waals surface area contributed by atoms with Gasteiger partial charge in [0.05, 0.1) is 19.7 Å². The molecule has 2 amide bonds. The van der Waals surface area contributed by atoms with Gasteiger partial charge in [-0.1, -0.05) is 12.1 Å². The number of aromatic amines is 1. The van der Waals surface area contributed by atoms with Gasteiger partial charge in [0.15, 0.2) is 0 Å². The van der Waals surface area contributed by atoms with Crippen LogP contribution in [-0.4, -0.2) is 82.0 Å². The van der Waals surface area contributed by atoms with Crippen LogP contribution >= 0.6 is 0 Å². The van der Waals surface area contributed by atoms with Crippen LogP contribution in [0.3, 0.4) is 0 Å².